The molecule has 5 atom stereocenters. The molecule has 0 aromatic heterocycles. The van der Waals surface area contributed by atoms with Gasteiger partial charge in [0.15, 0.2) is 12.2 Å². The Balaban J connectivity index is 5.23. The lowest BCUT2D eigenvalue weighted by Gasteiger charge is -2.21. The Kier molecular flexibility index (Phi) is 78.2. The summed E-state index contributed by atoms with van der Waals surface area (Å²) in [5.41, 5.74) is 0. The minimum absolute atomic E-state index is 0.107. The summed E-state index contributed by atoms with van der Waals surface area (Å²) < 4.78 is 68.9. The van der Waals surface area contributed by atoms with E-state index < -0.39 is 97.5 Å². The third kappa shape index (κ3) is 80.1. The van der Waals surface area contributed by atoms with Crippen LogP contribution in [-0.4, -0.2) is 96.7 Å². The second-order valence-corrected chi connectivity index (χ2v) is 34.7. The predicted molar refractivity (Wildman–Crippen MR) is 437 cm³/mol. The Morgan fingerprint density at radius 2 is 0.434 bits per heavy atom. The zero-order valence-electron chi connectivity index (χ0n) is 69.6. The van der Waals surface area contributed by atoms with Crippen LogP contribution in [0.15, 0.2) is 0 Å². The number of esters is 4. The minimum Gasteiger partial charge on any atom is -0.462 e. The van der Waals surface area contributed by atoms with Gasteiger partial charge in [0.2, 0.25) is 0 Å². The Morgan fingerprint density at radius 3 is 0.642 bits per heavy atom. The summed E-state index contributed by atoms with van der Waals surface area (Å²) in [6, 6.07) is 0. The van der Waals surface area contributed by atoms with Gasteiger partial charge in [-0.25, -0.2) is 9.13 Å². The average molecular weight is 1550 g/mol. The van der Waals surface area contributed by atoms with Crippen LogP contribution in [0, 0.1) is 5.92 Å². The van der Waals surface area contributed by atoms with E-state index in [9.17, 15) is 43.2 Å². The summed E-state index contributed by atoms with van der Waals surface area (Å²) in [5.74, 6) is -1.35. The molecule has 0 rings (SSSR count). The van der Waals surface area contributed by atoms with Crippen molar-refractivity contribution in [2.45, 2.75) is 490 Å². The van der Waals surface area contributed by atoms with Crippen molar-refractivity contribution in [1.29, 1.82) is 0 Å². The molecule has 0 aromatic carbocycles. The molecule has 0 radical (unpaired) electrons. The highest BCUT2D eigenvalue weighted by atomic mass is 31.2. The van der Waals surface area contributed by atoms with Crippen molar-refractivity contribution in [2.75, 3.05) is 39.6 Å². The maximum Gasteiger partial charge on any atom is 0.472 e. The van der Waals surface area contributed by atoms with Crippen molar-refractivity contribution >= 4 is 39.5 Å². The first-order valence-corrected chi connectivity index (χ1v) is 48.1. The van der Waals surface area contributed by atoms with Crippen LogP contribution < -0.4 is 0 Å². The molecule has 0 saturated carbocycles. The molecule has 2 unspecified atom stereocenters. The molecular weight excluding hydrogens is 1380 g/mol. The molecule has 0 bridgehead atoms. The Morgan fingerprint density at radius 1 is 0.255 bits per heavy atom. The van der Waals surface area contributed by atoms with Crippen molar-refractivity contribution in [3.63, 3.8) is 0 Å². The molecule has 0 saturated heterocycles. The quantitative estimate of drug-likeness (QED) is 0.0222. The number of unbranched alkanes of at least 4 members (excludes halogenated alkanes) is 59. The van der Waals surface area contributed by atoms with Crippen LogP contribution in [0.5, 0.6) is 0 Å². The molecule has 0 aliphatic rings. The lowest BCUT2D eigenvalue weighted by Crippen LogP contribution is -2.30. The van der Waals surface area contributed by atoms with Gasteiger partial charge in [-0.3, -0.25) is 37.3 Å². The fourth-order valence-electron chi connectivity index (χ4n) is 13.6. The number of rotatable bonds is 87. The largest absolute Gasteiger partial charge is 0.472 e. The van der Waals surface area contributed by atoms with E-state index in [1.54, 1.807) is 0 Å². The van der Waals surface area contributed by atoms with E-state index in [1.807, 2.05) is 0 Å². The van der Waals surface area contributed by atoms with Gasteiger partial charge in [0.1, 0.15) is 19.3 Å². The molecule has 19 heteroatoms. The molecule has 0 aromatic rings. The van der Waals surface area contributed by atoms with Gasteiger partial charge in [0, 0.05) is 25.7 Å². The smallest absolute Gasteiger partial charge is 0.462 e. The monoisotopic (exact) mass is 1550 g/mol. The maximum absolute atomic E-state index is 13.2. The molecule has 0 spiro atoms. The molecule has 630 valence electrons. The van der Waals surface area contributed by atoms with E-state index >= 15 is 0 Å². The van der Waals surface area contributed by atoms with Crippen LogP contribution in [0.25, 0.3) is 0 Å². The van der Waals surface area contributed by atoms with E-state index in [0.717, 1.165) is 95.8 Å². The van der Waals surface area contributed by atoms with Crippen molar-refractivity contribution in [1.82, 2.24) is 0 Å². The third-order valence-electron chi connectivity index (χ3n) is 20.5. The van der Waals surface area contributed by atoms with E-state index in [-0.39, 0.29) is 25.7 Å². The number of phosphoric acid groups is 2. The van der Waals surface area contributed by atoms with Gasteiger partial charge in [0.25, 0.3) is 0 Å². The van der Waals surface area contributed by atoms with E-state index in [2.05, 4.69) is 34.6 Å². The van der Waals surface area contributed by atoms with E-state index in [4.69, 9.17) is 37.0 Å². The molecule has 0 aliphatic heterocycles. The van der Waals surface area contributed by atoms with E-state index in [1.165, 1.54) is 295 Å². The van der Waals surface area contributed by atoms with Gasteiger partial charge in [-0.15, -0.1) is 0 Å². The van der Waals surface area contributed by atoms with Gasteiger partial charge < -0.3 is 33.8 Å². The summed E-state index contributed by atoms with van der Waals surface area (Å²) in [5, 5.41) is 10.7. The van der Waals surface area contributed by atoms with Gasteiger partial charge in [-0.05, 0) is 31.6 Å². The van der Waals surface area contributed by atoms with Crippen LogP contribution in [-0.2, 0) is 65.4 Å². The number of phosphoric ester groups is 2. The fourth-order valence-corrected chi connectivity index (χ4v) is 15.2. The number of hydrogen-bond acceptors (Lipinski definition) is 15. The summed E-state index contributed by atoms with van der Waals surface area (Å²) in [6.07, 6.45) is 73.7. The molecule has 0 heterocycles. The van der Waals surface area contributed by atoms with Crippen LogP contribution >= 0.6 is 15.6 Å². The van der Waals surface area contributed by atoms with Crippen LogP contribution in [0.3, 0.4) is 0 Å². The van der Waals surface area contributed by atoms with Gasteiger partial charge in [-0.2, -0.15) is 0 Å². The normalized spacial score (nSPS) is 13.7. The first-order valence-electron chi connectivity index (χ1n) is 45.1. The number of carbonyl (C=O) groups is 4. The van der Waals surface area contributed by atoms with Crippen molar-refractivity contribution in [2.24, 2.45) is 5.92 Å². The second kappa shape index (κ2) is 79.7. The summed E-state index contributed by atoms with van der Waals surface area (Å²) in [7, 11) is -9.93. The average Bonchev–Trinajstić information content (AvgIpc) is 0.901. The summed E-state index contributed by atoms with van der Waals surface area (Å²) >= 11 is 0. The van der Waals surface area contributed by atoms with Gasteiger partial charge in [0.05, 0.1) is 26.4 Å². The molecular formula is C87H170O17P2. The van der Waals surface area contributed by atoms with E-state index in [0.29, 0.717) is 25.7 Å². The highest BCUT2D eigenvalue weighted by molar-refractivity contribution is 7.47. The topological polar surface area (TPSA) is 237 Å². The number of carbonyl (C=O) groups excluding carboxylic acids is 4. The molecule has 0 amide bonds. The number of hydrogen-bond donors (Lipinski definition) is 3. The molecule has 3 N–H and O–H groups in total. The van der Waals surface area contributed by atoms with Crippen molar-refractivity contribution < 1.29 is 80.2 Å². The Bertz CT molecular complexity index is 2010. The lowest BCUT2D eigenvalue weighted by molar-refractivity contribution is -0.161. The Hall–Kier alpha value is -1.94. The third-order valence-corrected chi connectivity index (χ3v) is 22.4. The first-order chi connectivity index (χ1) is 51.5. The maximum atomic E-state index is 13.2. The highest BCUT2D eigenvalue weighted by Crippen LogP contribution is 2.45. The standard InChI is InChI=1S/C87H170O17P2/c1-6-9-12-15-18-21-24-27-29-31-33-35-37-39-41-43-46-52-57-62-67-72-86(91)103-82(76-98-85(90)71-66-61-56-51-45-42-40-38-36-34-32-30-28-25-22-19-16-13-10-7-2)78-101-105(93,94)99-74-81(88)75-100-106(95,96)102-79-83(77-97-84(89)70-65-60-55-50-44-26-23-20-17-14-11-8-3)104-87(92)73-68-63-58-53-48-47-49-54-59-64-69-80(4)5/h80-83,88H,6-79H2,1-5H3,(H,93,94)(H,95,96)/t81-,82-,83-/m1/s1. The predicted octanol–water partition coefficient (Wildman–Crippen LogP) is 26.8. The van der Waals surface area contributed by atoms with Crippen LogP contribution in [0.4, 0.5) is 0 Å². The number of ether oxygens (including phenoxy) is 4. The van der Waals surface area contributed by atoms with Crippen molar-refractivity contribution in [3.05, 3.63) is 0 Å². The summed E-state index contributed by atoms with van der Waals surface area (Å²) in [4.78, 5) is 73.2. The SMILES string of the molecule is CCCCCCCCCCCCCCCCCCCCCCCC(=O)O[C@H](COC(=O)CCCCCCCCCCCCCCCCCCCCCC)COP(=O)(O)OC[C@@H](O)COP(=O)(O)OC[C@@H](COC(=O)CCCCCCCCCCCCCC)OC(=O)CCCCCCCCCCCCC(C)C. The van der Waals surface area contributed by atoms with Gasteiger partial charge in [-0.1, -0.05) is 420 Å². The molecule has 0 fully saturated rings. The zero-order valence-corrected chi connectivity index (χ0v) is 71.4. The number of aliphatic hydroxyl groups is 1. The minimum atomic E-state index is -4.97. The lowest BCUT2D eigenvalue weighted by atomic mass is 10.0. The van der Waals surface area contributed by atoms with Crippen molar-refractivity contribution in [3.8, 4) is 0 Å². The molecule has 106 heavy (non-hydrogen) atoms. The number of aliphatic hydroxyl groups excluding tert-OH is 1. The second-order valence-electron chi connectivity index (χ2n) is 31.8. The highest BCUT2D eigenvalue weighted by Gasteiger charge is 2.30. The fraction of sp³-hybridized carbons (Fsp3) is 0.954. The summed E-state index contributed by atoms with van der Waals surface area (Å²) in [6.45, 7) is 7.35. The van der Waals surface area contributed by atoms with Crippen LogP contribution in [0.2, 0.25) is 0 Å². The molecule has 17 nitrogen and oxygen atoms in total. The zero-order chi connectivity index (χ0) is 77.6. The molecule has 0 aliphatic carbocycles. The first kappa shape index (κ1) is 104. The Labute approximate surface area is 651 Å². The van der Waals surface area contributed by atoms with Crippen LogP contribution in [0.1, 0.15) is 471 Å². The van der Waals surface area contributed by atoms with Gasteiger partial charge >= 0.3 is 39.5 Å².